The molecule has 0 saturated carbocycles. The molecule has 0 aliphatic carbocycles. The van der Waals surface area contributed by atoms with Crippen molar-refractivity contribution in [2.24, 2.45) is 5.73 Å². The average Bonchev–Trinajstić information content (AvgIpc) is 2.33. The molecule has 0 bridgehead atoms. The van der Waals surface area contributed by atoms with E-state index in [9.17, 15) is 13.2 Å². The van der Waals surface area contributed by atoms with Gasteiger partial charge in [-0.05, 0) is 24.6 Å². The summed E-state index contributed by atoms with van der Waals surface area (Å²) in [5.41, 5.74) is 4.95. The van der Waals surface area contributed by atoms with Gasteiger partial charge in [-0.15, -0.1) is 11.8 Å². The predicted octanol–water partition coefficient (Wildman–Crippen LogP) is 2.96. The van der Waals surface area contributed by atoms with Crippen molar-refractivity contribution in [3.8, 4) is 17.6 Å². The molecule has 0 aliphatic rings. The molecule has 0 fully saturated rings. The van der Waals surface area contributed by atoms with Crippen molar-refractivity contribution in [2.75, 3.05) is 6.61 Å². The minimum Gasteiger partial charge on any atom is -0.492 e. The van der Waals surface area contributed by atoms with Gasteiger partial charge >= 0.3 is 6.18 Å². The summed E-state index contributed by atoms with van der Waals surface area (Å²) in [6, 6.07) is 3.83. The molecule has 18 heavy (non-hydrogen) atoms. The van der Waals surface area contributed by atoms with Crippen LogP contribution in [0, 0.1) is 11.8 Å². The number of rotatable bonds is 4. The molecule has 98 valence electrons. The topological polar surface area (TPSA) is 35.2 Å². The van der Waals surface area contributed by atoms with Crippen LogP contribution in [0.5, 0.6) is 5.75 Å². The third-order valence-corrected chi connectivity index (χ3v) is 2.25. The van der Waals surface area contributed by atoms with E-state index in [1.807, 2.05) is 0 Å². The lowest BCUT2D eigenvalue weighted by Crippen LogP contribution is -2.11. The van der Waals surface area contributed by atoms with Gasteiger partial charge in [-0.3, -0.25) is 0 Å². The zero-order chi connectivity index (χ0) is 13.6. The molecule has 2 N–H and O–H groups in total. The van der Waals surface area contributed by atoms with Crippen molar-refractivity contribution in [3.05, 3.63) is 29.3 Å². The molecule has 1 rings (SSSR count). The van der Waals surface area contributed by atoms with Gasteiger partial charge in [0, 0.05) is 13.0 Å². The maximum Gasteiger partial charge on any atom is 0.419 e. The number of nitrogens with two attached hydrogens (primary N) is 1. The average molecular weight is 257 g/mol. The first-order valence-corrected chi connectivity index (χ1v) is 5.41. The Labute approximate surface area is 104 Å². The molecule has 0 unspecified atom stereocenters. The normalized spacial score (nSPS) is 10.7. The fourth-order valence-corrected chi connectivity index (χ4v) is 1.39. The second-order valence-electron chi connectivity index (χ2n) is 3.56. The summed E-state index contributed by atoms with van der Waals surface area (Å²) >= 11 is 0. The van der Waals surface area contributed by atoms with Crippen LogP contribution in [0.4, 0.5) is 13.2 Å². The van der Waals surface area contributed by atoms with E-state index in [1.165, 1.54) is 12.1 Å². The van der Waals surface area contributed by atoms with Crippen LogP contribution >= 0.6 is 0 Å². The molecule has 0 spiro atoms. The van der Waals surface area contributed by atoms with Gasteiger partial charge in [-0.25, -0.2) is 0 Å². The molecule has 5 heteroatoms. The number of benzene rings is 1. The Balaban J connectivity index is 2.91. The van der Waals surface area contributed by atoms with Crippen molar-refractivity contribution in [2.45, 2.75) is 26.1 Å². The minimum absolute atomic E-state index is 0.0602. The van der Waals surface area contributed by atoms with Crippen LogP contribution in [0.15, 0.2) is 18.2 Å². The first kappa shape index (κ1) is 14.4. The van der Waals surface area contributed by atoms with Crippen LogP contribution in [0.2, 0.25) is 0 Å². The van der Waals surface area contributed by atoms with Crippen LogP contribution in [0.1, 0.15) is 24.5 Å². The standard InChI is InChI=1S/C13H14F3NO/c1-2-3-4-7-18-12-6-5-10(9-17)8-11(12)13(14,15)16/h5-6,8H,4,7,9,17H2,1H3. The number of alkyl halides is 3. The van der Waals surface area contributed by atoms with Crippen molar-refractivity contribution in [1.29, 1.82) is 0 Å². The molecule has 1 aromatic rings. The van der Waals surface area contributed by atoms with Gasteiger partial charge in [-0.1, -0.05) is 6.07 Å². The summed E-state index contributed by atoms with van der Waals surface area (Å²) in [4.78, 5) is 0. The highest BCUT2D eigenvalue weighted by molar-refractivity contribution is 5.39. The van der Waals surface area contributed by atoms with Crippen LogP contribution in [0.25, 0.3) is 0 Å². The summed E-state index contributed by atoms with van der Waals surface area (Å²) < 4.78 is 43.5. The lowest BCUT2D eigenvalue weighted by molar-refractivity contribution is -0.139. The quantitative estimate of drug-likeness (QED) is 0.665. The van der Waals surface area contributed by atoms with Crippen molar-refractivity contribution in [3.63, 3.8) is 0 Å². The van der Waals surface area contributed by atoms with E-state index in [-0.39, 0.29) is 18.9 Å². The van der Waals surface area contributed by atoms with E-state index in [0.717, 1.165) is 6.07 Å². The van der Waals surface area contributed by atoms with E-state index < -0.39 is 11.7 Å². The van der Waals surface area contributed by atoms with Crippen LogP contribution < -0.4 is 10.5 Å². The minimum atomic E-state index is -4.45. The Morgan fingerprint density at radius 2 is 2.06 bits per heavy atom. The van der Waals surface area contributed by atoms with Gasteiger partial charge in [0.1, 0.15) is 5.75 Å². The first-order chi connectivity index (χ1) is 8.49. The maximum absolute atomic E-state index is 12.8. The van der Waals surface area contributed by atoms with E-state index in [1.54, 1.807) is 6.92 Å². The molecule has 0 aromatic heterocycles. The molecule has 0 saturated heterocycles. The molecular weight excluding hydrogens is 243 g/mol. The number of ether oxygens (including phenoxy) is 1. The zero-order valence-electron chi connectivity index (χ0n) is 9.97. The number of hydrogen-bond acceptors (Lipinski definition) is 2. The van der Waals surface area contributed by atoms with Gasteiger partial charge in [0.25, 0.3) is 0 Å². The van der Waals surface area contributed by atoms with E-state index in [4.69, 9.17) is 10.5 Å². The monoisotopic (exact) mass is 257 g/mol. The highest BCUT2D eigenvalue weighted by atomic mass is 19.4. The fourth-order valence-electron chi connectivity index (χ4n) is 1.39. The summed E-state index contributed by atoms with van der Waals surface area (Å²) in [6.07, 6.45) is -4.05. The van der Waals surface area contributed by atoms with Gasteiger partial charge in [-0.2, -0.15) is 13.2 Å². The van der Waals surface area contributed by atoms with Crippen LogP contribution in [-0.4, -0.2) is 6.61 Å². The van der Waals surface area contributed by atoms with Gasteiger partial charge in [0.2, 0.25) is 0 Å². The summed E-state index contributed by atoms with van der Waals surface area (Å²) in [6.45, 7) is 1.85. The first-order valence-electron chi connectivity index (χ1n) is 5.41. The summed E-state index contributed by atoms with van der Waals surface area (Å²) in [5, 5.41) is 0. The molecule has 2 nitrogen and oxygen atoms in total. The molecule has 0 atom stereocenters. The zero-order valence-corrected chi connectivity index (χ0v) is 9.97. The Morgan fingerprint density at radius 3 is 2.61 bits per heavy atom. The Kier molecular flexibility index (Phi) is 5.05. The molecule has 0 heterocycles. The lowest BCUT2D eigenvalue weighted by atomic mass is 10.1. The highest BCUT2D eigenvalue weighted by Gasteiger charge is 2.34. The van der Waals surface area contributed by atoms with Crippen molar-refractivity contribution < 1.29 is 17.9 Å². The lowest BCUT2D eigenvalue weighted by Gasteiger charge is -2.14. The molecule has 0 radical (unpaired) electrons. The number of hydrogen-bond donors (Lipinski definition) is 1. The van der Waals surface area contributed by atoms with E-state index in [0.29, 0.717) is 12.0 Å². The largest absolute Gasteiger partial charge is 0.492 e. The highest BCUT2D eigenvalue weighted by Crippen LogP contribution is 2.36. The van der Waals surface area contributed by atoms with E-state index in [2.05, 4.69) is 11.8 Å². The van der Waals surface area contributed by atoms with E-state index >= 15 is 0 Å². The maximum atomic E-state index is 12.8. The van der Waals surface area contributed by atoms with Gasteiger partial charge in [0.15, 0.2) is 0 Å². The summed E-state index contributed by atoms with van der Waals surface area (Å²) in [7, 11) is 0. The van der Waals surface area contributed by atoms with Crippen LogP contribution in [0.3, 0.4) is 0 Å². The smallest absolute Gasteiger partial charge is 0.419 e. The second kappa shape index (κ2) is 6.31. The van der Waals surface area contributed by atoms with Crippen molar-refractivity contribution in [1.82, 2.24) is 0 Å². The van der Waals surface area contributed by atoms with Gasteiger partial charge < -0.3 is 10.5 Å². The second-order valence-corrected chi connectivity index (χ2v) is 3.56. The Hall–Kier alpha value is -1.67. The number of halogens is 3. The van der Waals surface area contributed by atoms with Crippen LogP contribution in [-0.2, 0) is 12.7 Å². The third-order valence-electron chi connectivity index (χ3n) is 2.25. The summed E-state index contributed by atoms with van der Waals surface area (Å²) in [5.74, 6) is 5.19. The molecule has 1 aromatic carbocycles. The SMILES string of the molecule is CC#CCCOc1ccc(CN)cc1C(F)(F)F. The fraction of sp³-hybridized carbons (Fsp3) is 0.385. The third kappa shape index (κ3) is 3.97. The van der Waals surface area contributed by atoms with Crippen molar-refractivity contribution >= 4 is 0 Å². The van der Waals surface area contributed by atoms with Gasteiger partial charge in [0.05, 0.1) is 12.2 Å². The molecule has 0 amide bonds. The molecule has 0 aliphatic heterocycles. The Bertz CT molecular complexity index is 458. The predicted molar refractivity (Wildman–Crippen MR) is 62.9 cm³/mol. The molecular formula is C13H14F3NO. The Morgan fingerprint density at radius 1 is 1.33 bits per heavy atom.